The molecule has 0 aliphatic carbocycles. The highest BCUT2D eigenvalue weighted by atomic mass is 32.2. The van der Waals surface area contributed by atoms with Crippen LogP contribution in [0.15, 0.2) is 16.9 Å². The molecule has 0 unspecified atom stereocenters. The third-order valence-electron chi connectivity index (χ3n) is 0.782. The number of thiol groups is 1. The molecular weight excluding hydrogens is 142 g/mol. The first-order valence-electron chi connectivity index (χ1n) is 2.30. The summed E-state index contributed by atoms with van der Waals surface area (Å²) in [6.45, 7) is 0. The fraction of sp³-hybridized carbons (Fsp3) is 0.250. The van der Waals surface area contributed by atoms with E-state index < -0.39 is 10.7 Å². The first-order chi connectivity index (χ1) is 4.29. The van der Waals surface area contributed by atoms with Crippen LogP contribution in [0.4, 0.5) is 0 Å². The van der Waals surface area contributed by atoms with Crippen LogP contribution in [-0.4, -0.2) is 13.6 Å². The fourth-order valence-corrected chi connectivity index (χ4v) is 0.879. The zero-order valence-corrected chi connectivity index (χ0v) is 5.38. The molecule has 0 saturated heterocycles. The van der Waals surface area contributed by atoms with Gasteiger partial charge in [-0.05, 0) is 0 Å². The summed E-state index contributed by atoms with van der Waals surface area (Å²) in [4.78, 5) is 0. The Morgan fingerprint density at radius 2 is 2.44 bits per heavy atom. The minimum Gasteiger partial charge on any atom is -0.364 e. The van der Waals surface area contributed by atoms with E-state index in [2.05, 4.69) is 9.68 Å². The van der Waals surface area contributed by atoms with Gasteiger partial charge in [-0.25, -0.2) is 8.42 Å². The predicted octanol–water partition coefficient (Wildman–Crippen LogP) is -0.214. The summed E-state index contributed by atoms with van der Waals surface area (Å²) < 4.78 is 24.4. The van der Waals surface area contributed by atoms with E-state index in [1.54, 1.807) is 0 Å². The van der Waals surface area contributed by atoms with Crippen molar-refractivity contribution in [3.8, 4) is 0 Å². The maximum Gasteiger partial charge on any atom is 0.145 e. The van der Waals surface area contributed by atoms with Crippen LogP contribution in [0, 0.1) is 0 Å². The number of aromatic nitrogens is 1. The molecule has 0 radical (unpaired) electrons. The lowest BCUT2D eigenvalue weighted by Gasteiger charge is -1.77. The first-order valence-corrected chi connectivity index (χ1v) is 3.66. The van der Waals surface area contributed by atoms with E-state index in [0.29, 0.717) is 5.69 Å². The van der Waals surface area contributed by atoms with Crippen LogP contribution in [-0.2, 0) is 16.5 Å². The third-order valence-corrected chi connectivity index (χ3v) is 1.36. The molecule has 0 bridgehead atoms. The molecule has 4 nitrogen and oxygen atoms in total. The van der Waals surface area contributed by atoms with Gasteiger partial charge in [-0.3, -0.25) is 0 Å². The summed E-state index contributed by atoms with van der Waals surface area (Å²) >= 11 is 0. The van der Waals surface area contributed by atoms with Crippen LogP contribution in [0.1, 0.15) is 5.69 Å². The SMILES string of the molecule is O=[SH](=O)Cc1ccon1. The topological polar surface area (TPSA) is 60.2 Å². The van der Waals surface area contributed by atoms with Gasteiger partial charge in [-0.2, -0.15) is 0 Å². The molecule has 0 fully saturated rings. The van der Waals surface area contributed by atoms with Crippen molar-refractivity contribution in [2.24, 2.45) is 0 Å². The lowest BCUT2D eigenvalue weighted by Crippen LogP contribution is -1.84. The van der Waals surface area contributed by atoms with E-state index in [-0.39, 0.29) is 5.75 Å². The highest BCUT2D eigenvalue weighted by Gasteiger charge is 1.94. The number of rotatable bonds is 2. The Morgan fingerprint density at radius 1 is 1.67 bits per heavy atom. The maximum atomic E-state index is 10.0. The average Bonchev–Trinajstić information content (AvgIpc) is 2.15. The third kappa shape index (κ3) is 1.85. The molecule has 9 heavy (non-hydrogen) atoms. The molecule has 0 amide bonds. The van der Waals surface area contributed by atoms with Gasteiger partial charge in [0.25, 0.3) is 0 Å². The van der Waals surface area contributed by atoms with Crippen LogP contribution < -0.4 is 0 Å². The average molecular weight is 147 g/mol. The molecule has 0 aliphatic rings. The van der Waals surface area contributed by atoms with Gasteiger partial charge in [0.05, 0.1) is 11.4 Å². The quantitative estimate of drug-likeness (QED) is 0.588. The minimum atomic E-state index is -2.37. The molecule has 1 rings (SSSR count). The monoisotopic (exact) mass is 147 g/mol. The second-order valence-corrected chi connectivity index (χ2v) is 2.46. The van der Waals surface area contributed by atoms with Gasteiger partial charge in [-0.15, -0.1) is 0 Å². The van der Waals surface area contributed by atoms with Gasteiger partial charge >= 0.3 is 0 Å². The molecule has 5 heteroatoms. The minimum absolute atomic E-state index is 0.0359. The molecule has 1 aromatic heterocycles. The summed E-state index contributed by atoms with van der Waals surface area (Å²) in [6, 6.07) is 1.52. The summed E-state index contributed by atoms with van der Waals surface area (Å²) in [5, 5.41) is 3.40. The van der Waals surface area contributed by atoms with Crippen molar-refractivity contribution in [3.05, 3.63) is 18.0 Å². The summed E-state index contributed by atoms with van der Waals surface area (Å²) in [7, 11) is -2.37. The second-order valence-electron chi connectivity index (χ2n) is 1.48. The van der Waals surface area contributed by atoms with E-state index in [9.17, 15) is 8.42 Å². The molecule has 0 aromatic carbocycles. The van der Waals surface area contributed by atoms with Gasteiger partial charge in [0.15, 0.2) is 0 Å². The van der Waals surface area contributed by atoms with Gasteiger partial charge < -0.3 is 4.52 Å². The van der Waals surface area contributed by atoms with E-state index >= 15 is 0 Å². The Morgan fingerprint density at radius 3 is 2.89 bits per heavy atom. The van der Waals surface area contributed by atoms with Crippen molar-refractivity contribution >= 4 is 10.7 Å². The molecule has 0 saturated carbocycles. The number of nitrogens with zero attached hydrogens (tertiary/aromatic N) is 1. The highest BCUT2D eigenvalue weighted by molar-refractivity contribution is 7.71. The largest absolute Gasteiger partial charge is 0.364 e. The fourth-order valence-electron chi connectivity index (χ4n) is 0.451. The van der Waals surface area contributed by atoms with Gasteiger partial charge in [0.1, 0.15) is 17.0 Å². The van der Waals surface area contributed by atoms with Crippen LogP contribution in [0.2, 0.25) is 0 Å². The lowest BCUT2D eigenvalue weighted by atomic mass is 10.5. The normalized spacial score (nSPS) is 10.3. The van der Waals surface area contributed by atoms with E-state index in [4.69, 9.17) is 0 Å². The highest BCUT2D eigenvalue weighted by Crippen LogP contribution is 1.94. The zero-order valence-electron chi connectivity index (χ0n) is 4.48. The Balaban J connectivity index is 2.68. The van der Waals surface area contributed by atoms with E-state index in [1.165, 1.54) is 12.3 Å². The lowest BCUT2D eigenvalue weighted by molar-refractivity contribution is 0.414. The second kappa shape index (κ2) is 2.63. The molecule has 0 spiro atoms. The molecule has 1 aromatic rings. The van der Waals surface area contributed by atoms with Crippen molar-refractivity contribution in [1.29, 1.82) is 0 Å². The molecule has 0 N–H and O–H groups in total. The van der Waals surface area contributed by atoms with Gasteiger partial charge in [0.2, 0.25) is 0 Å². The molecule has 0 aliphatic heterocycles. The van der Waals surface area contributed by atoms with Gasteiger partial charge in [-0.1, -0.05) is 5.16 Å². The zero-order chi connectivity index (χ0) is 6.69. The molecule has 0 atom stereocenters. The molecular formula is C4H5NO3S. The standard InChI is InChI=1S/C4H5NO3S/c6-9(7)3-4-1-2-8-5-4/h1-2,9H,3H2. The van der Waals surface area contributed by atoms with Crippen molar-refractivity contribution in [2.45, 2.75) is 5.75 Å². The smallest absolute Gasteiger partial charge is 0.145 e. The van der Waals surface area contributed by atoms with Crippen molar-refractivity contribution < 1.29 is 12.9 Å². The Bertz CT molecular complexity index is 230. The van der Waals surface area contributed by atoms with E-state index in [0.717, 1.165) is 0 Å². The summed E-state index contributed by atoms with van der Waals surface area (Å²) in [5.41, 5.74) is 0.450. The predicted molar refractivity (Wildman–Crippen MR) is 30.5 cm³/mol. The van der Waals surface area contributed by atoms with Crippen molar-refractivity contribution in [1.82, 2.24) is 5.16 Å². The van der Waals surface area contributed by atoms with Crippen LogP contribution in [0.3, 0.4) is 0 Å². The number of hydrogen-bond acceptors (Lipinski definition) is 4. The maximum absolute atomic E-state index is 10.0. The Hall–Kier alpha value is -0.840. The van der Waals surface area contributed by atoms with Crippen molar-refractivity contribution in [2.75, 3.05) is 0 Å². The van der Waals surface area contributed by atoms with Crippen molar-refractivity contribution in [3.63, 3.8) is 0 Å². The van der Waals surface area contributed by atoms with Crippen LogP contribution in [0.5, 0.6) is 0 Å². The van der Waals surface area contributed by atoms with Crippen LogP contribution >= 0.6 is 0 Å². The Labute approximate surface area is 53.4 Å². The summed E-state index contributed by atoms with van der Waals surface area (Å²) in [6.07, 6.45) is 1.34. The molecule has 50 valence electrons. The van der Waals surface area contributed by atoms with Gasteiger partial charge in [0, 0.05) is 6.07 Å². The summed E-state index contributed by atoms with van der Waals surface area (Å²) in [5.74, 6) is -0.0359. The number of hydrogen-bond donors (Lipinski definition) is 1. The molecule has 1 heterocycles. The Kier molecular flexibility index (Phi) is 1.84. The van der Waals surface area contributed by atoms with E-state index in [1.807, 2.05) is 0 Å². The first kappa shape index (κ1) is 6.28. The van der Waals surface area contributed by atoms with Crippen LogP contribution in [0.25, 0.3) is 0 Å².